The van der Waals surface area contributed by atoms with Gasteiger partial charge < -0.3 is 21.3 Å². The molecule has 0 saturated heterocycles. The zero-order valence-corrected chi connectivity index (χ0v) is 14.8. The Hall–Kier alpha value is -4.00. The van der Waals surface area contributed by atoms with Gasteiger partial charge in [0, 0.05) is 11.6 Å². The Morgan fingerprint density at radius 3 is 2.62 bits per heavy atom. The molecule has 1 aromatic carbocycles. The van der Waals surface area contributed by atoms with Crippen molar-refractivity contribution in [3.8, 4) is 22.9 Å². The molecule has 1 atom stereocenters. The number of benzene rings is 1. The Bertz CT molecular complexity index is 1040. The van der Waals surface area contributed by atoms with Gasteiger partial charge in [0.15, 0.2) is 17.3 Å². The highest BCUT2D eigenvalue weighted by atomic mass is 19.1. The van der Waals surface area contributed by atoms with E-state index in [2.05, 4.69) is 25.4 Å². The van der Waals surface area contributed by atoms with Crippen molar-refractivity contribution in [2.75, 3.05) is 0 Å². The number of amides is 1. The number of primary amides is 1. The SMILES string of the molecule is NC(=O)c1ncc(Oc2ccc(-c3nnn(C[C@@H](N)CC(=O)O)n3)cc2F)cn1. The molecule has 0 aliphatic carbocycles. The number of aliphatic carboxylic acids is 1. The molecule has 29 heavy (non-hydrogen) atoms. The number of rotatable bonds is 8. The summed E-state index contributed by atoms with van der Waals surface area (Å²) in [6, 6.07) is 3.32. The van der Waals surface area contributed by atoms with Crippen LogP contribution in [0.3, 0.4) is 0 Å². The number of hydrogen-bond donors (Lipinski definition) is 3. The molecule has 2 aromatic heterocycles. The van der Waals surface area contributed by atoms with Crippen LogP contribution in [0.2, 0.25) is 0 Å². The van der Waals surface area contributed by atoms with E-state index in [4.69, 9.17) is 21.3 Å². The van der Waals surface area contributed by atoms with Gasteiger partial charge in [-0.2, -0.15) is 4.80 Å². The summed E-state index contributed by atoms with van der Waals surface area (Å²) in [5, 5.41) is 20.4. The lowest BCUT2D eigenvalue weighted by molar-refractivity contribution is -0.137. The monoisotopic (exact) mass is 402 g/mol. The van der Waals surface area contributed by atoms with Gasteiger partial charge in [-0.25, -0.2) is 14.4 Å². The van der Waals surface area contributed by atoms with Crippen LogP contribution in [0, 0.1) is 5.82 Å². The second-order valence-electron chi connectivity index (χ2n) is 5.88. The first-order valence-corrected chi connectivity index (χ1v) is 8.16. The first kappa shape index (κ1) is 19.8. The molecular formula is C16H15FN8O4. The number of nitrogens with zero attached hydrogens (tertiary/aromatic N) is 6. The maximum atomic E-state index is 14.4. The number of carbonyl (C=O) groups excluding carboxylic acids is 1. The van der Waals surface area contributed by atoms with Crippen molar-refractivity contribution in [3.05, 3.63) is 42.2 Å². The van der Waals surface area contributed by atoms with Gasteiger partial charge in [-0.1, -0.05) is 0 Å². The third-order valence-corrected chi connectivity index (χ3v) is 3.55. The first-order chi connectivity index (χ1) is 13.8. The number of carbonyl (C=O) groups is 2. The van der Waals surface area contributed by atoms with E-state index in [1.165, 1.54) is 24.5 Å². The summed E-state index contributed by atoms with van der Waals surface area (Å²) >= 11 is 0. The lowest BCUT2D eigenvalue weighted by Crippen LogP contribution is -2.30. The Morgan fingerprint density at radius 2 is 2.00 bits per heavy atom. The zero-order valence-electron chi connectivity index (χ0n) is 14.8. The molecule has 13 heteroatoms. The van der Waals surface area contributed by atoms with Crippen LogP contribution < -0.4 is 16.2 Å². The van der Waals surface area contributed by atoms with Crippen LogP contribution in [0.15, 0.2) is 30.6 Å². The zero-order chi connectivity index (χ0) is 21.0. The van der Waals surface area contributed by atoms with Crippen molar-refractivity contribution >= 4 is 11.9 Å². The molecule has 3 aromatic rings. The van der Waals surface area contributed by atoms with Crippen LogP contribution in [0.4, 0.5) is 4.39 Å². The van der Waals surface area contributed by atoms with Gasteiger partial charge in [-0.15, -0.1) is 10.2 Å². The fraction of sp³-hybridized carbons (Fsp3) is 0.188. The number of carboxylic acids is 1. The molecule has 0 bridgehead atoms. The molecule has 3 rings (SSSR count). The number of halogens is 1. The van der Waals surface area contributed by atoms with Crippen molar-refractivity contribution < 1.29 is 23.8 Å². The summed E-state index contributed by atoms with van der Waals surface area (Å²) in [4.78, 5) is 30.1. The van der Waals surface area contributed by atoms with Crippen LogP contribution in [-0.2, 0) is 11.3 Å². The van der Waals surface area contributed by atoms with E-state index in [9.17, 15) is 14.0 Å². The molecule has 12 nitrogen and oxygen atoms in total. The highest BCUT2D eigenvalue weighted by Gasteiger charge is 2.14. The number of nitrogens with two attached hydrogens (primary N) is 2. The summed E-state index contributed by atoms with van der Waals surface area (Å²) in [6.07, 6.45) is 2.13. The Morgan fingerprint density at radius 1 is 1.28 bits per heavy atom. The Balaban J connectivity index is 1.71. The van der Waals surface area contributed by atoms with Gasteiger partial charge in [0.05, 0.1) is 25.4 Å². The molecule has 0 fully saturated rings. The molecular weight excluding hydrogens is 387 g/mol. The molecule has 1 amide bonds. The minimum atomic E-state index is -1.04. The number of hydrogen-bond acceptors (Lipinski definition) is 9. The number of aromatic nitrogens is 6. The molecule has 5 N–H and O–H groups in total. The lowest BCUT2D eigenvalue weighted by Gasteiger charge is -2.07. The van der Waals surface area contributed by atoms with Crippen molar-refractivity contribution in [3.63, 3.8) is 0 Å². The van der Waals surface area contributed by atoms with Crippen molar-refractivity contribution in [2.24, 2.45) is 11.5 Å². The van der Waals surface area contributed by atoms with Crippen molar-refractivity contribution in [2.45, 2.75) is 19.0 Å². The van der Waals surface area contributed by atoms with Gasteiger partial charge in [-0.05, 0) is 23.4 Å². The van der Waals surface area contributed by atoms with E-state index >= 15 is 0 Å². The summed E-state index contributed by atoms with van der Waals surface area (Å²) in [5.41, 5.74) is 11.0. The van der Waals surface area contributed by atoms with E-state index < -0.39 is 23.7 Å². The molecule has 2 heterocycles. The molecule has 0 aliphatic heterocycles. The highest BCUT2D eigenvalue weighted by molar-refractivity contribution is 5.88. The third-order valence-electron chi connectivity index (χ3n) is 3.55. The quantitative estimate of drug-likeness (QED) is 0.462. The lowest BCUT2D eigenvalue weighted by atomic mass is 10.2. The number of ether oxygens (including phenoxy) is 1. The van der Waals surface area contributed by atoms with Gasteiger partial charge in [0.25, 0.3) is 5.91 Å². The average Bonchev–Trinajstić information content (AvgIpc) is 3.11. The smallest absolute Gasteiger partial charge is 0.304 e. The van der Waals surface area contributed by atoms with Gasteiger partial charge >= 0.3 is 5.97 Å². The minimum absolute atomic E-state index is 0.0459. The van der Waals surface area contributed by atoms with Crippen molar-refractivity contribution in [1.29, 1.82) is 0 Å². The fourth-order valence-corrected chi connectivity index (χ4v) is 2.28. The number of carboxylic acid groups (broad SMARTS) is 1. The van der Waals surface area contributed by atoms with Crippen LogP contribution in [0.25, 0.3) is 11.4 Å². The third kappa shape index (κ3) is 5.04. The van der Waals surface area contributed by atoms with Crippen LogP contribution in [-0.4, -0.2) is 53.2 Å². The summed E-state index contributed by atoms with van der Waals surface area (Å²) in [5.74, 6) is -2.60. The first-order valence-electron chi connectivity index (χ1n) is 8.16. The van der Waals surface area contributed by atoms with Crippen molar-refractivity contribution in [1.82, 2.24) is 30.2 Å². The van der Waals surface area contributed by atoms with Gasteiger partial charge in [-0.3, -0.25) is 9.59 Å². The largest absolute Gasteiger partial charge is 0.481 e. The predicted octanol–water partition coefficient (Wildman–Crippen LogP) is -0.0376. The topological polar surface area (TPSA) is 185 Å². The maximum absolute atomic E-state index is 14.4. The molecule has 0 unspecified atom stereocenters. The molecule has 0 spiro atoms. The summed E-state index contributed by atoms with van der Waals surface area (Å²) in [7, 11) is 0. The number of tetrazole rings is 1. The average molecular weight is 402 g/mol. The normalized spacial score (nSPS) is 11.8. The van der Waals surface area contributed by atoms with Crippen LogP contribution >= 0.6 is 0 Å². The Labute approximate surface area is 162 Å². The van der Waals surface area contributed by atoms with E-state index in [0.717, 1.165) is 10.9 Å². The summed E-state index contributed by atoms with van der Waals surface area (Å²) in [6.45, 7) is 0.0459. The Kier molecular flexibility index (Phi) is 5.69. The maximum Gasteiger partial charge on any atom is 0.304 e. The van der Waals surface area contributed by atoms with E-state index in [1.54, 1.807) is 0 Å². The van der Waals surface area contributed by atoms with E-state index in [-0.39, 0.29) is 36.1 Å². The minimum Gasteiger partial charge on any atom is -0.481 e. The second kappa shape index (κ2) is 8.35. The predicted molar refractivity (Wildman–Crippen MR) is 94.1 cm³/mol. The van der Waals surface area contributed by atoms with Crippen LogP contribution in [0.1, 0.15) is 17.0 Å². The standard InChI is InChI=1S/C16H15FN8O4/c17-11-3-8(15-22-24-25(23-15)7-9(18)4-13(26)27)1-2-12(11)29-10-5-20-16(14(19)28)21-6-10/h1-3,5-6,9H,4,7,18H2,(H2,19,28)(H,26,27)/t9-/m0/s1. The molecule has 150 valence electrons. The molecule has 0 radical (unpaired) electrons. The van der Waals surface area contributed by atoms with Crippen LogP contribution in [0.5, 0.6) is 11.5 Å². The van der Waals surface area contributed by atoms with E-state index in [0.29, 0.717) is 5.56 Å². The van der Waals surface area contributed by atoms with Gasteiger partial charge in [0.1, 0.15) is 0 Å². The van der Waals surface area contributed by atoms with Gasteiger partial charge in [0.2, 0.25) is 11.6 Å². The summed E-state index contributed by atoms with van der Waals surface area (Å²) < 4.78 is 19.7. The highest BCUT2D eigenvalue weighted by Crippen LogP contribution is 2.27. The second-order valence-corrected chi connectivity index (χ2v) is 5.88. The molecule has 0 saturated carbocycles. The fourth-order valence-electron chi connectivity index (χ4n) is 2.28. The molecule has 0 aliphatic rings. The van der Waals surface area contributed by atoms with E-state index in [1.807, 2.05) is 0 Å².